The summed E-state index contributed by atoms with van der Waals surface area (Å²) in [6.07, 6.45) is 1.94. The Morgan fingerprint density at radius 3 is 2.50 bits per heavy atom. The van der Waals surface area contributed by atoms with Crippen molar-refractivity contribution in [2.24, 2.45) is 22.2 Å². The zero-order valence-corrected chi connectivity index (χ0v) is 10.0. The summed E-state index contributed by atoms with van der Waals surface area (Å²) in [6.45, 7) is 0.175. The summed E-state index contributed by atoms with van der Waals surface area (Å²) < 4.78 is 0. The molecule has 1 heterocycles. The minimum Gasteiger partial charge on any atom is -0.384 e. The molecule has 94 valence electrons. The molecule has 16 heavy (non-hydrogen) atoms. The zero-order chi connectivity index (χ0) is 10.8. The molecule has 0 aliphatic carbocycles. The molecule has 0 amide bonds. The van der Waals surface area contributed by atoms with Crippen molar-refractivity contribution in [1.82, 2.24) is 0 Å². The second-order valence-electron chi connectivity index (χ2n) is 3.12. The quantitative estimate of drug-likeness (QED) is 0.466. The van der Waals surface area contributed by atoms with E-state index in [0.717, 1.165) is 0 Å². The van der Waals surface area contributed by atoms with E-state index in [1.54, 1.807) is 0 Å². The summed E-state index contributed by atoms with van der Waals surface area (Å²) >= 11 is 0. The van der Waals surface area contributed by atoms with Gasteiger partial charge in [-0.15, -0.1) is 24.8 Å². The molecule has 0 saturated heterocycles. The third kappa shape index (κ3) is 3.05. The molecule has 1 aliphatic heterocycles. The maximum Gasteiger partial charge on any atom is 0.276 e. The maximum absolute atomic E-state index is 10.9. The molecule has 1 aliphatic rings. The lowest BCUT2D eigenvalue weighted by Gasteiger charge is -2.27. The van der Waals surface area contributed by atoms with Crippen LogP contribution < -0.4 is 17.2 Å². The Labute approximate surface area is 105 Å². The van der Waals surface area contributed by atoms with Crippen molar-refractivity contribution in [3.8, 4) is 0 Å². The lowest BCUT2D eigenvalue weighted by Crippen LogP contribution is -2.54. The molecule has 0 aromatic carbocycles. The number of dihydropyridines is 1. The van der Waals surface area contributed by atoms with E-state index in [-0.39, 0.29) is 43.6 Å². The molecular weight excluding hydrogens is 257 g/mol. The van der Waals surface area contributed by atoms with Gasteiger partial charge >= 0.3 is 0 Å². The number of nitro groups is 1. The van der Waals surface area contributed by atoms with Gasteiger partial charge in [-0.25, -0.2) is 4.99 Å². The number of amidine groups is 1. The van der Waals surface area contributed by atoms with Crippen molar-refractivity contribution < 1.29 is 4.92 Å². The van der Waals surface area contributed by atoms with Crippen molar-refractivity contribution >= 4 is 30.6 Å². The average Bonchev–Trinajstić information content (AvgIpc) is 2.10. The van der Waals surface area contributed by atoms with E-state index in [2.05, 4.69) is 4.99 Å². The fraction of sp³-hybridized carbons (Fsp3) is 0.571. The van der Waals surface area contributed by atoms with Gasteiger partial charge in [-0.1, -0.05) is 0 Å². The summed E-state index contributed by atoms with van der Waals surface area (Å²) in [4.78, 5) is 14.2. The van der Waals surface area contributed by atoms with E-state index >= 15 is 0 Å². The summed E-state index contributed by atoms with van der Waals surface area (Å²) in [5.74, 6) is 0.201. The first-order valence-electron chi connectivity index (χ1n) is 4.15. The van der Waals surface area contributed by atoms with E-state index in [0.29, 0.717) is 0 Å². The van der Waals surface area contributed by atoms with Crippen LogP contribution >= 0.6 is 24.8 Å². The number of rotatable bonds is 3. The maximum atomic E-state index is 10.9. The Morgan fingerprint density at radius 1 is 1.56 bits per heavy atom. The third-order valence-corrected chi connectivity index (χ3v) is 2.23. The summed E-state index contributed by atoms with van der Waals surface area (Å²) in [6, 6.07) is 0. The Hall–Kier alpha value is -0.890. The van der Waals surface area contributed by atoms with Crippen molar-refractivity contribution in [3.05, 3.63) is 22.3 Å². The number of aliphatic imine (C=N–C) groups is 1. The molecule has 6 N–H and O–H groups in total. The number of hydrogen-bond donors (Lipinski definition) is 3. The molecule has 0 saturated carbocycles. The van der Waals surface area contributed by atoms with Gasteiger partial charge in [0, 0.05) is 11.3 Å². The minimum absolute atomic E-state index is 0. The topological polar surface area (TPSA) is 134 Å². The highest BCUT2D eigenvalue weighted by Crippen LogP contribution is 2.23. The van der Waals surface area contributed by atoms with Crippen LogP contribution in [-0.2, 0) is 0 Å². The van der Waals surface area contributed by atoms with Gasteiger partial charge in [0.25, 0.3) is 5.54 Å². The molecule has 2 unspecified atom stereocenters. The highest BCUT2D eigenvalue weighted by Gasteiger charge is 2.47. The number of halogens is 2. The van der Waals surface area contributed by atoms with Crippen LogP contribution in [0.2, 0.25) is 0 Å². The van der Waals surface area contributed by atoms with Crippen LogP contribution in [0.25, 0.3) is 0 Å². The van der Waals surface area contributed by atoms with Crippen LogP contribution in [0.1, 0.15) is 6.42 Å². The normalized spacial score (nSPS) is 27.4. The van der Waals surface area contributed by atoms with Gasteiger partial charge in [0.1, 0.15) is 5.84 Å². The molecule has 9 heteroatoms. The molecule has 0 spiro atoms. The standard InChI is InChI=1S/C7H13N5O2.2ClH/c8-4-3-7(12(13)14)2-1-5(9)11-6(7)10;;/h1-2,6H,3-4,8,10H2,(H2,9,11);2*1H. The number of nitrogens with two attached hydrogens (primary N) is 3. The number of hydrogen-bond acceptors (Lipinski definition) is 6. The van der Waals surface area contributed by atoms with Gasteiger partial charge in [0.15, 0.2) is 6.17 Å². The van der Waals surface area contributed by atoms with E-state index in [1.165, 1.54) is 12.2 Å². The second kappa shape index (κ2) is 6.64. The number of nitrogens with zero attached hydrogens (tertiary/aromatic N) is 2. The smallest absolute Gasteiger partial charge is 0.276 e. The Kier molecular flexibility index (Phi) is 7.26. The minimum atomic E-state index is -1.41. The first-order chi connectivity index (χ1) is 6.53. The predicted octanol–water partition coefficient (Wildman–Crippen LogP) is -0.594. The van der Waals surface area contributed by atoms with Crippen molar-refractivity contribution in [2.75, 3.05) is 6.54 Å². The third-order valence-electron chi connectivity index (χ3n) is 2.23. The van der Waals surface area contributed by atoms with Crippen LogP contribution in [0, 0.1) is 10.1 Å². The molecule has 1 rings (SSSR count). The van der Waals surface area contributed by atoms with Gasteiger partial charge < -0.3 is 17.2 Å². The highest BCUT2D eigenvalue weighted by atomic mass is 35.5. The van der Waals surface area contributed by atoms with Gasteiger partial charge in [-0.2, -0.15) is 0 Å². The van der Waals surface area contributed by atoms with E-state index in [9.17, 15) is 10.1 Å². The molecule has 7 nitrogen and oxygen atoms in total. The first kappa shape index (κ1) is 17.5. The van der Waals surface area contributed by atoms with Crippen molar-refractivity contribution in [2.45, 2.75) is 18.1 Å². The Morgan fingerprint density at radius 2 is 2.12 bits per heavy atom. The van der Waals surface area contributed by atoms with E-state index in [4.69, 9.17) is 17.2 Å². The largest absolute Gasteiger partial charge is 0.384 e. The van der Waals surface area contributed by atoms with Crippen LogP contribution in [0.5, 0.6) is 0 Å². The van der Waals surface area contributed by atoms with Crippen LogP contribution in [0.15, 0.2) is 17.1 Å². The van der Waals surface area contributed by atoms with Crippen LogP contribution in [0.4, 0.5) is 0 Å². The Balaban J connectivity index is 0. The molecule has 0 aromatic heterocycles. The second-order valence-corrected chi connectivity index (χ2v) is 3.12. The summed E-state index contributed by atoms with van der Waals surface area (Å²) in [5, 5.41) is 10.9. The van der Waals surface area contributed by atoms with Crippen molar-refractivity contribution in [3.63, 3.8) is 0 Å². The zero-order valence-electron chi connectivity index (χ0n) is 8.41. The SMILES string of the molecule is Cl.Cl.NCCC1([N+](=O)[O-])C=CC(N)=NC1N. The van der Waals surface area contributed by atoms with Crippen molar-refractivity contribution in [1.29, 1.82) is 0 Å². The fourth-order valence-electron chi connectivity index (χ4n) is 1.37. The monoisotopic (exact) mass is 271 g/mol. The molecule has 0 radical (unpaired) electrons. The molecule has 0 aromatic rings. The summed E-state index contributed by atoms with van der Waals surface area (Å²) in [5.41, 5.74) is 14.8. The first-order valence-corrected chi connectivity index (χ1v) is 4.15. The van der Waals surface area contributed by atoms with E-state index < -0.39 is 16.6 Å². The summed E-state index contributed by atoms with van der Waals surface area (Å²) in [7, 11) is 0. The van der Waals surface area contributed by atoms with Gasteiger partial charge in [0.05, 0.1) is 0 Å². The van der Waals surface area contributed by atoms with Crippen LogP contribution in [-0.4, -0.2) is 29.0 Å². The van der Waals surface area contributed by atoms with Gasteiger partial charge in [-0.05, 0) is 18.7 Å². The molecular formula is C7H15Cl2N5O2. The Bertz CT molecular complexity index is 309. The fourth-order valence-corrected chi connectivity index (χ4v) is 1.37. The average molecular weight is 272 g/mol. The molecule has 2 atom stereocenters. The van der Waals surface area contributed by atoms with E-state index in [1.807, 2.05) is 0 Å². The molecule has 0 bridgehead atoms. The van der Waals surface area contributed by atoms with Gasteiger partial charge in [-0.3, -0.25) is 10.1 Å². The lowest BCUT2D eigenvalue weighted by atomic mass is 9.90. The highest BCUT2D eigenvalue weighted by molar-refractivity contribution is 5.92. The lowest BCUT2D eigenvalue weighted by molar-refractivity contribution is -0.559. The molecule has 0 fully saturated rings. The van der Waals surface area contributed by atoms with Gasteiger partial charge in [0.2, 0.25) is 0 Å². The predicted molar refractivity (Wildman–Crippen MR) is 66.6 cm³/mol. The van der Waals surface area contributed by atoms with Crippen LogP contribution in [0.3, 0.4) is 0 Å².